The Bertz CT molecular complexity index is 228. The van der Waals surface area contributed by atoms with Gasteiger partial charge in [0.2, 0.25) is 5.91 Å². The van der Waals surface area contributed by atoms with Gasteiger partial charge in [0, 0.05) is 13.0 Å². The molecule has 0 rings (SSSR count). The minimum absolute atomic E-state index is 0.00533. The summed E-state index contributed by atoms with van der Waals surface area (Å²) in [6.07, 6.45) is 1.53. The summed E-state index contributed by atoms with van der Waals surface area (Å²) in [4.78, 5) is 22.8. The van der Waals surface area contributed by atoms with Gasteiger partial charge in [-0.15, -0.1) is 0 Å². The maximum absolute atomic E-state index is 11.5. The molecular formula is C11H21NO4. The van der Waals surface area contributed by atoms with Gasteiger partial charge < -0.3 is 15.2 Å². The van der Waals surface area contributed by atoms with Crippen molar-refractivity contribution in [3.63, 3.8) is 0 Å². The summed E-state index contributed by atoms with van der Waals surface area (Å²) >= 11 is 0. The summed E-state index contributed by atoms with van der Waals surface area (Å²) in [5.74, 6) is -0.614. The monoisotopic (exact) mass is 231 g/mol. The summed E-state index contributed by atoms with van der Waals surface area (Å²) in [7, 11) is 1.30. The predicted octanol–water partition coefficient (Wildman–Crippen LogP) is 0.463. The van der Waals surface area contributed by atoms with Crippen LogP contribution in [-0.2, 0) is 14.3 Å². The van der Waals surface area contributed by atoms with E-state index in [4.69, 9.17) is 5.11 Å². The third-order valence-corrected chi connectivity index (χ3v) is 2.25. The van der Waals surface area contributed by atoms with Crippen molar-refractivity contribution in [3.05, 3.63) is 0 Å². The van der Waals surface area contributed by atoms with Crippen molar-refractivity contribution >= 4 is 11.9 Å². The summed E-state index contributed by atoms with van der Waals surface area (Å²) in [6, 6.07) is -0.591. The SMILES string of the molecule is COC(=O)C(NC(=O)CCCCO)C(C)C. The summed E-state index contributed by atoms with van der Waals surface area (Å²) in [5, 5.41) is 11.2. The number of aliphatic hydroxyl groups excluding tert-OH is 1. The largest absolute Gasteiger partial charge is 0.467 e. The molecule has 0 aliphatic carbocycles. The van der Waals surface area contributed by atoms with Crippen LogP contribution >= 0.6 is 0 Å². The van der Waals surface area contributed by atoms with Gasteiger partial charge in [-0.2, -0.15) is 0 Å². The number of amides is 1. The van der Waals surface area contributed by atoms with E-state index in [0.717, 1.165) is 0 Å². The Morgan fingerprint density at radius 1 is 1.31 bits per heavy atom. The van der Waals surface area contributed by atoms with E-state index in [1.807, 2.05) is 13.8 Å². The number of hydrogen-bond acceptors (Lipinski definition) is 4. The highest BCUT2D eigenvalue weighted by atomic mass is 16.5. The van der Waals surface area contributed by atoms with Crippen LogP contribution in [0.1, 0.15) is 33.1 Å². The standard InChI is InChI=1S/C11H21NO4/c1-8(2)10(11(15)16-3)12-9(14)6-4-5-7-13/h8,10,13H,4-7H2,1-3H3,(H,12,14). The number of aliphatic hydroxyl groups is 1. The van der Waals surface area contributed by atoms with Crippen LogP contribution in [0.2, 0.25) is 0 Å². The van der Waals surface area contributed by atoms with Crippen molar-refractivity contribution in [1.82, 2.24) is 5.32 Å². The van der Waals surface area contributed by atoms with Gasteiger partial charge in [-0.25, -0.2) is 4.79 Å². The highest BCUT2D eigenvalue weighted by molar-refractivity contribution is 5.84. The Hall–Kier alpha value is -1.10. The number of ether oxygens (including phenoxy) is 1. The van der Waals surface area contributed by atoms with E-state index in [1.165, 1.54) is 7.11 Å². The maximum atomic E-state index is 11.5. The van der Waals surface area contributed by atoms with Crippen molar-refractivity contribution < 1.29 is 19.4 Å². The zero-order valence-corrected chi connectivity index (χ0v) is 10.2. The van der Waals surface area contributed by atoms with Crippen LogP contribution in [0.3, 0.4) is 0 Å². The molecule has 16 heavy (non-hydrogen) atoms. The summed E-state index contributed by atoms with van der Waals surface area (Å²) < 4.78 is 4.61. The number of carbonyl (C=O) groups is 2. The molecule has 2 N–H and O–H groups in total. The van der Waals surface area contributed by atoms with Crippen molar-refractivity contribution in [1.29, 1.82) is 0 Å². The molecule has 1 unspecified atom stereocenters. The van der Waals surface area contributed by atoms with Gasteiger partial charge in [0.1, 0.15) is 6.04 Å². The summed E-state index contributed by atoms with van der Waals surface area (Å²) in [6.45, 7) is 3.77. The highest BCUT2D eigenvalue weighted by Gasteiger charge is 2.24. The Labute approximate surface area is 96.2 Å². The molecule has 0 radical (unpaired) electrons. The molecule has 0 spiro atoms. The molecule has 0 aliphatic heterocycles. The Balaban J connectivity index is 4.09. The van der Waals surface area contributed by atoms with Gasteiger partial charge in [-0.1, -0.05) is 13.8 Å². The average Bonchev–Trinajstić information content (AvgIpc) is 2.25. The summed E-state index contributed by atoms with van der Waals surface area (Å²) in [5.41, 5.74) is 0. The molecule has 1 amide bonds. The van der Waals surface area contributed by atoms with E-state index >= 15 is 0 Å². The van der Waals surface area contributed by atoms with E-state index in [2.05, 4.69) is 10.1 Å². The number of rotatable bonds is 7. The fourth-order valence-corrected chi connectivity index (χ4v) is 1.27. The number of esters is 1. The smallest absolute Gasteiger partial charge is 0.328 e. The quantitative estimate of drug-likeness (QED) is 0.493. The fraction of sp³-hybridized carbons (Fsp3) is 0.818. The first-order chi connectivity index (χ1) is 7.52. The van der Waals surface area contributed by atoms with Crippen LogP contribution in [0.25, 0.3) is 0 Å². The topological polar surface area (TPSA) is 75.6 Å². The van der Waals surface area contributed by atoms with Crippen molar-refractivity contribution in [2.75, 3.05) is 13.7 Å². The molecule has 0 fully saturated rings. The van der Waals surface area contributed by atoms with Crippen molar-refractivity contribution in [3.8, 4) is 0 Å². The lowest BCUT2D eigenvalue weighted by molar-refractivity contribution is -0.146. The van der Waals surface area contributed by atoms with Crippen LogP contribution in [-0.4, -0.2) is 36.7 Å². The molecule has 1 atom stereocenters. The van der Waals surface area contributed by atoms with Gasteiger partial charge >= 0.3 is 5.97 Å². The van der Waals surface area contributed by atoms with Crippen LogP contribution in [0.5, 0.6) is 0 Å². The molecule has 0 aromatic heterocycles. The second-order valence-corrected chi connectivity index (χ2v) is 3.99. The second-order valence-electron chi connectivity index (χ2n) is 3.99. The van der Waals surface area contributed by atoms with Crippen LogP contribution in [0.15, 0.2) is 0 Å². The molecule has 0 saturated heterocycles. The second kappa shape index (κ2) is 8.10. The number of nitrogens with one attached hydrogen (secondary N) is 1. The molecule has 0 aromatic rings. The van der Waals surface area contributed by atoms with E-state index in [0.29, 0.717) is 19.3 Å². The van der Waals surface area contributed by atoms with Crippen LogP contribution in [0.4, 0.5) is 0 Å². The third kappa shape index (κ3) is 5.70. The lowest BCUT2D eigenvalue weighted by Crippen LogP contribution is -2.44. The van der Waals surface area contributed by atoms with Crippen LogP contribution < -0.4 is 5.32 Å². The van der Waals surface area contributed by atoms with Crippen LogP contribution in [0, 0.1) is 5.92 Å². The molecule has 0 aliphatic rings. The van der Waals surface area contributed by atoms with E-state index < -0.39 is 12.0 Å². The molecule has 0 heterocycles. The molecular weight excluding hydrogens is 210 g/mol. The Morgan fingerprint density at radius 3 is 2.38 bits per heavy atom. The minimum Gasteiger partial charge on any atom is -0.467 e. The first-order valence-electron chi connectivity index (χ1n) is 5.51. The molecule has 0 aromatic carbocycles. The lowest BCUT2D eigenvalue weighted by atomic mass is 10.0. The van der Waals surface area contributed by atoms with Crippen molar-refractivity contribution in [2.24, 2.45) is 5.92 Å². The van der Waals surface area contributed by atoms with Gasteiger partial charge in [0.25, 0.3) is 0 Å². The minimum atomic E-state index is -0.591. The number of carbonyl (C=O) groups excluding carboxylic acids is 2. The van der Waals surface area contributed by atoms with Gasteiger partial charge in [-0.05, 0) is 18.8 Å². The molecule has 5 heteroatoms. The molecule has 0 bridgehead atoms. The number of methoxy groups -OCH3 is 1. The predicted molar refractivity (Wildman–Crippen MR) is 59.7 cm³/mol. The number of unbranched alkanes of at least 4 members (excludes halogenated alkanes) is 1. The van der Waals surface area contributed by atoms with Crippen molar-refractivity contribution in [2.45, 2.75) is 39.2 Å². The first kappa shape index (κ1) is 14.9. The molecule has 0 saturated carbocycles. The zero-order valence-electron chi connectivity index (χ0n) is 10.2. The number of hydrogen-bond donors (Lipinski definition) is 2. The van der Waals surface area contributed by atoms with E-state index in [-0.39, 0.29) is 18.4 Å². The normalized spacial score (nSPS) is 12.3. The average molecular weight is 231 g/mol. The fourth-order valence-electron chi connectivity index (χ4n) is 1.27. The lowest BCUT2D eigenvalue weighted by Gasteiger charge is -2.19. The van der Waals surface area contributed by atoms with Gasteiger partial charge in [-0.3, -0.25) is 4.79 Å². The maximum Gasteiger partial charge on any atom is 0.328 e. The van der Waals surface area contributed by atoms with E-state index in [9.17, 15) is 9.59 Å². The third-order valence-electron chi connectivity index (χ3n) is 2.25. The first-order valence-corrected chi connectivity index (χ1v) is 5.51. The molecule has 94 valence electrons. The Kier molecular flexibility index (Phi) is 7.54. The highest BCUT2D eigenvalue weighted by Crippen LogP contribution is 2.04. The zero-order chi connectivity index (χ0) is 12.6. The van der Waals surface area contributed by atoms with Gasteiger partial charge in [0.05, 0.1) is 7.11 Å². The Morgan fingerprint density at radius 2 is 1.94 bits per heavy atom. The van der Waals surface area contributed by atoms with E-state index in [1.54, 1.807) is 0 Å². The van der Waals surface area contributed by atoms with Gasteiger partial charge in [0.15, 0.2) is 0 Å². The molecule has 5 nitrogen and oxygen atoms in total.